The predicted octanol–water partition coefficient (Wildman–Crippen LogP) is 3.34. The molecular weight excluding hydrogens is 324 g/mol. The van der Waals surface area contributed by atoms with Crippen molar-refractivity contribution in [3.8, 4) is 0 Å². The third-order valence-corrected chi connectivity index (χ3v) is 3.47. The molecule has 0 fully saturated rings. The number of hydrogen-bond acceptors (Lipinski definition) is 2. The van der Waals surface area contributed by atoms with Crippen molar-refractivity contribution < 1.29 is 14.7 Å². The van der Waals surface area contributed by atoms with Crippen LogP contribution in [0.15, 0.2) is 28.9 Å². The highest BCUT2D eigenvalue weighted by Gasteiger charge is 2.18. The number of aromatic amines is 1. The number of halogens is 1. The summed E-state index contributed by atoms with van der Waals surface area (Å²) in [7, 11) is 0. The SMILES string of the molecule is Cc1cc(Br)ccc1C(=O)Nc1c[nH]c(C)c1C(=O)O. The molecule has 0 aliphatic heterocycles. The first kappa shape index (κ1) is 14.3. The fourth-order valence-electron chi connectivity index (χ4n) is 1.97. The van der Waals surface area contributed by atoms with Gasteiger partial charge in [-0.3, -0.25) is 4.79 Å². The highest BCUT2D eigenvalue weighted by Crippen LogP contribution is 2.21. The molecule has 2 aromatic rings. The lowest BCUT2D eigenvalue weighted by molar-refractivity contribution is 0.0697. The van der Waals surface area contributed by atoms with Crippen molar-refractivity contribution >= 4 is 33.5 Å². The smallest absolute Gasteiger partial charge is 0.339 e. The lowest BCUT2D eigenvalue weighted by Gasteiger charge is -2.08. The third kappa shape index (κ3) is 2.75. The Kier molecular flexibility index (Phi) is 3.94. The van der Waals surface area contributed by atoms with E-state index >= 15 is 0 Å². The van der Waals surface area contributed by atoms with Gasteiger partial charge >= 0.3 is 5.97 Å². The van der Waals surface area contributed by atoms with Crippen molar-refractivity contribution in [1.82, 2.24) is 4.98 Å². The molecule has 5 nitrogen and oxygen atoms in total. The summed E-state index contributed by atoms with van der Waals surface area (Å²) in [5, 5.41) is 11.8. The van der Waals surface area contributed by atoms with Gasteiger partial charge in [0.15, 0.2) is 0 Å². The Balaban J connectivity index is 2.31. The number of aromatic carboxylic acids is 1. The Morgan fingerprint density at radius 2 is 2.00 bits per heavy atom. The largest absolute Gasteiger partial charge is 0.478 e. The molecule has 20 heavy (non-hydrogen) atoms. The van der Waals surface area contributed by atoms with Gasteiger partial charge in [0.1, 0.15) is 5.56 Å². The Labute approximate surface area is 124 Å². The number of carbonyl (C=O) groups excluding carboxylic acids is 1. The molecule has 0 spiro atoms. The Bertz CT molecular complexity index is 692. The minimum absolute atomic E-state index is 0.0770. The first-order chi connectivity index (χ1) is 9.40. The van der Waals surface area contributed by atoms with Gasteiger partial charge in [0, 0.05) is 21.9 Å². The molecule has 1 aromatic carbocycles. The molecule has 1 heterocycles. The topological polar surface area (TPSA) is 82.2 Å². The number of rotatable bonds is 3. The van der Waals surface area contributed by atoms with Gasteiger partial charge in [-0.15, -0.1) is 0 Å². The lowest BCUT2D eigenvalue weighted by atomic mass is 10.1. The van der Waals surface area contributed by atoms with Crippen LogP contribution in [0, 0.1) is 13.8 Å². The second-order valence-corrected chi connectivity index (χ2v) is 5.34. The number of amides is 1. The van der Waals surface area contributed by atoms with Crippen LogP contribution >= 0.6 is 15.9 Å². The van der Waals surface area contributed by atoms with E-state index in [2.05, 4.69) is 26.2 Å². The minimum atomic E-state index is -1.08. The maximum absolute atomic E-state index is 12.2. The van der Waals surface area contributed by atoms with E-state index in [-0.39, 0.29) is 17.2 Å². The van der Waals surface area contributed by atoms with Crippen LogP contribution < -0.4 is 5.32 Å². The van der Waals surface area contributed by atoms with Gasteiger partial charge in [-0.1, -0.05) is 15.9 Å². The molecule has 104 valence electrons. The van der Waals surface area contributed by atoms with Crippen LogP contribution in [-0.2, 0) is 0 Å². The first-order valence-electron chi connectivity index (χ1n) is 5.89. The van der Waals surface area contributed by atoms with E-state index in [1.165, 1.54) is 6.20 Å². The van der Waals surface area contributed by atoms with Crippen molar-refractivity contribution in [1.29, 1.82) is 0 Å². The van der Waals surface area contributed by atoms with Crippen molar-refractivity contribution in [2.45, 2.75) is 13.8 Å². The fourth-order valence-corrected chi connectivity index (χ4v) is 2.45. The number of H-pyrrole nitrogens is 1. The number of carboxylic acid groups (broad SMARTS) is 1. The fraction of sp³-hybridized carbons (Fsp3) is 0.143. The molecule has 2 rings (SSSR count). The molecule has 1 aromatic heterocycles. The third-order valence-electron chi connectivity index (χ3n) is 2.97. The van der Waals surface area contributed by atoms with Gasteiger partial charge in [-0.2, -0.15) is 0 Å². The number of aryl methyl sites for hydroxylation is 2. The summed E-state index contributed by atoms with van der Waals surface area (Å²) in [6, 6.07) is 5.28. The second kappa shape index (κ2) is 5.50. The quantitative estimate of drug-likeness (QED) is 0.803. The average Bonchev–Trinajstić information content (AvgIpc) is 2.70. The zero-order chi connectivity index (χ0) is 14.9. The maximum Gasteiger partial charge on any atom is 0.339 e. The van der Waals surface area contributed by atoms with Gasteiger partial charge in [0.2, 0.25) is 0 Å². The molecule has 0 saturated carbocycles. The van der Waals surface area contributed by atoms with Crippen LogP contribution in [0.4, 0.5) is 5.69 Å². The van der Waals surface area contributed by atoms with E-state index in [0.717, 1.165) is 10.0 Å². The maximum atomic E-state index is 12.2. The Hall–Kier alpha value is -2.08. The number of benzene rings is 1. The van der Waals surface area contributed by atoms with E-state index in [1.54, 1.807) is 19.1 Å². The van der Waals surface area contributed by atoms with E-state index < -0.39 is 5.97 Å². The second-order valence-electron chi connectivity index (χ2n) is 4.42. The molecule has 0 unspecified atom stereocenters. The van der Waals surface area contributed by atoms with Crippen molar-refractivity contribution in [2.75, 3.05) is 5.32 Å². The molecule has 0 aliphatic rings. The summed E-state index contributed by atoms with van der Waals surface area (Å²) in [6.45, 7) is 3.46. The zero-order valence-corrected chi connectivity index (χ0v) is 12.5. The van der Waals surface area contributed by atoms with Crippen LogP contribution in [-0.4, -0.2) is 22.0 Å². The molecule has 0 atom stereocenters. The van der Waals surface area contributed by atoms with Crippen LogP contribution in [0.25, 0.3) is 0 Å². The molecule has 6 heteroatoms. The molecule has 0 bridgehead atoms. The summed E-state index contributed by atoms with van der Waals surface area (Å²) in [5.41, 5.74) is 2.15. The number of aromatic nitrogens is 1. The number of carboxylic acids is 1. The molecule has 0 saturated heterocycles. The molecule has 1 amide bonds. The molecular formula is C14H13BrN2O3. The minimum Gasteiger partial charge on any atom is -0.478 e. The van der Waals surface area contributed by atoms with Gasteiger partial charge in [-0.05, 0) is 37.6 Å². The summed E-state index contributed by atoms with van der Waals surface area (Å²) in [4.78, 5) is 26.1. The summed E-state index contributed by atoms with van der Waals surface area (Å²) in [6.07, 6.45) is 1.48. The number of hydrogen-bond donors (Lipinski definition) is 3. The number of carbonyl (C=O) groups is 2. The predicted molar refractivity (Wildman–Crippen MR) is 79.3 cm³/mol. The molecule has 0 radical (unpaired) electrons. The average molecular weight is 337 g/mol. The number of anilines is 1. The first-order valence-corrected chi connectivity index (χ1v) is 6.68. The molecule has 3 N–H and O–H groups in total. The molecule has 0 aliphatic carbocycles. The van der Waals surface area contributed by atoms with Crippen molar-refractivity contribution in [3.63, 3.8) is 0 Å². The van der Waals surface area contributed by atoms with Crippen LogP contribution in [0.3, 0.4) is 0 Å². The van der Waals surface area contributed by atoms with Crippen molar-refractivity contribution in [3.05, 3.63) is 51.3 Å². The van der Waals surface area contributed by atoms with E-state index in [0.29, 0.717) is 11.3 Å². The highest BCUT2D eigenvalue weighted by atomic mass is 79.9. The zero-order valence-electron chi connectivity index (χ0n) is 11.0. The highest BCUT2D eigenvalue weighted by molar-refractivity contribution is 9.10. The number of nitrogens with one attached hydrogen (secondary N) is 2. The van der Waals surface area contributed by atoms with Gasteiger partial charge in [-0.25, -0.2) is 4.79 Å². The van der Waals surface area contributed by atoms with Crippen molar-refractivity contribution in [2.24, 2.45) is 0 Å². The van der Waals surface area contributed by atoms with Gasteiger partial charge in [0.25, 0.3) is 5.91 Å². The Morgan fingerprint density at radius 1 is 1.30 bits per heavy atom. The summed E-state index contributed by atoms with van der Waals surface area (Å²) < 4.78 is 0.885. The normalized spacial score (nSPS) is 10.3. The lowest BCUT2D eigenvalue weighted by Crippen LogP contribution is -2.15. The van der Waals surface area contributed by atoms with E-state index in [4.69, 9.17) is 5.11 Å². The van der Waals surface area contributed by atoms with Gasteiger partial charge in [0.05, 0.1) is 5.69 Å². The standard InChI is InChI=1S/C14H13BrN2O3/c1-7-5-9(15)3-4-10(7)13(18)17-11-6-16-8(2)12(11)14(19)20/h3-6,16H,1-2H3,(H,17,18)(H,19,20). The summed E-state index contributed by atoms with van der Waals surface area (Å²) >= 11 is 3.33. The van der Waals surface area contributed by atoms with Crippen LogP contribution in [0.1, 0.15) is 32.0 Å². The Morgan fingerprint density at radius 3 is 2.60 bits per heavy atom. The van der Waals surface area contributed by atoms with E-state index in [9.17, 15) is 9.59 Å². The summed E-state index contributed by atoms with van der Waals surface area (Å²) in [5.74, 6) is -1.41. The van der Waals surface area contributed by atoms with Gasteiger partial charge < -0.3 is 15.4 Å². The van der Waals surface area contributed by atoms with Crippen LogP contribution in [0.2, 0.25) is 0 Å². The monoisotopic (exact) mass is 336 g/mol. The van der Waals surface area contributed by atoms with Crippen LogP contribution in [0.5, 0.6) is 0 Å². The van der Waals surface area contributed by atoms with E-state index in [1.807, 2.05) is 13.0 Å².